The van der Waals surface area contributed by atoms with E-state index in [1.807, 2.05) is 12.1 Å². The summed E-state index contributed by atoms with van der Waals surface area (Å²) in [6.07, 6.45) is 2.47. The van der Waals surface area contributed by atoms with Gasteiger partial charge in [0.1, 0.15) is 5.75 Å². The molecule has 0 spiro atoms. The van der Waals surface area contributed by atoms with Crippen molar-refractivity contribution in [2.24, 2.45) is 0 Å². The molecule has 0 saturated carbocycles. The van der Waals surface area contributed by atoms with E-state index in [4.69, 9.17) is 0 Å². The number of nitrogens with zero attached hydrogens (tertiary/aromatic N) is 1. The maximum absolute atomic E-state index is 9.19. The van der Waals surface area contributed by atoms with E-state index in [1.54, 1.807) is 12.1 Å². The fourth-order valence-electron chi connectivity index (χ4n) is 2.09. The molecule has 0 aliphatic carbocycles. The van der Waals surface area contributed by atoms with Crippen LogP contribution in [0.2, 0.25) is 0 Å². The van der Waals surface area contributed by atoms with Crippen LogP contribution >= 0.6 is 0 Å². The Kier molecular flexibility index (Phi) is 2.73. The quantitative estimate of drug-likeness (QED) is 0.735. The molecule has 1 aromatic carbocycles. The van der Waals surface area contributed by atoms with Gasteiger partial charge in [0.15, 0.2) is 0 Å². The van der Waals surface area contributed by atoms with E-state index in [9.17, 15) is 5.11 Å². The third kappa shape index (κ3) is 2.07. The normalized spacial score (nSPS) is 19.8. The third-order valence-corrected chi connectivity index (χ3v) is 3.08. The van der Waals surface area contributed by atoms with Crippen molar-refractivity contribution in [1.29, 1.82) is 0 Å². The lowest BCUT2D eigenvalue weighted by atomic mass is 9.90. The lowest BCUT2D eigenvalue weighted by Gasteiger charge is -2.29. The number of piperidine rings is 1. The summed E-state index contributed by atoms with van der Waals surface area (Å²) in [4.78, 5) is 2.37. The second kappa shape index (κ2) is 4.01. The molecule has 1 aliphatic rings. The van der Waals surface area contributed by atoms with Gasteiger partial charge in [0.25, 0.3) is 0 Å². The number of rotatable bonds is 1. The van der Waals surface area contributed by atoms with Crippen LogP contribution in [0.5, 0.6) is 5.75 Å². The maximum Gasteiger partial charge on any atom is 0.115 e. The van der Waals surface area contributed by atoms with Crippen molar-refractivity contribution in [1.82, 2.24) is 4.90 Å². The van der Waals surface area contributed by atoms with Crippen LogP contribution in [-0.4, -0.2) is 30.1 Å². The largest absolute Gasteiger partial charge is 0.508 e. The Labute approximate surface area is 85.2 Å². The second-order valence-corrected chi connectivity index (χ2v) is 4.17. The molecule has 0 radical (unpaired) electrons. The van der Waals surface area contributed by atoms with Gasteiger partial charge in [0.05, 0.1) is 0 Å². The molecule has 1 heterocycles. The third-order valence-electron chi connectivity index (χ3n) is 3.08. The predicted molar refractivity (Wildman–Crippen MR) is 57.6 cm³/mol. The molecule has 0 unspecified atom stereocenters. The summed E-state index contributed by atoms with van der Waals surface area (Å²) in [5, 5.41) is 9.19. The zero-order valence-corrected chi connectivity index (χ0v) is 8.61. The monoisotopic (exact) mass is 191 g/mol. The summed E-state index contributed by atoms with van der Waals surface area (Å²) in [7, 11) is 2.17. The number of phenols is 1. The molecule has 2 heteroatoms. The molecule has 0 atom stereocenters. The van der Waals surface area contributed by atoms with Gasteiger partial charge in [-0.05, 0) is 56.6 Å². The van der Waals surface area contributed by atoms with E-state index in [2.05, 4.69) is 11.9 Å². The molecule has 1 aliphatic heterocycles. The molecule has 0 bridgehead atoms. The first kappa shape index (κ1) is 9.53. The lowest BCUT2D eigenvalue weighted by Crippen LogP contribution is -2.29. The van der Waals surface area contributed by atoms with Crippen LogP contribution in [0, 0.1) is 0 Å². The van der Waals surface area contributed by atoms with Gasteiger partial charge in [-0.1, -0.05) is 12.1 Å². The second-order valence-electron chi connectivity index (χ2n) is 4.17. The molecule has 2 nitrogen and oxygen atoms in total. The SMILES string of the molecule is CN1CCC(c2ccc(O)cc2)CC1. The minimum atomic E-state index is 0.363. The molecule has 2 rings (SSSR count). The topological polar surface area (TPSA) is 23.5 Å². The molecule has 1 saturated heterocycles. The average Bonchev–Trinajstić information content (AvgIpc) is 2.21. The molecular weight excluding hydrogens is 174 g/mol. The zero-order chi connectivity index (χ0) is 9.97. The Balaban J connectivity index is 2.05. The van der Waals surface area contributed by atoms with E-state index >= 15 is 0 Å². The Hall–Kier alpha value is -1.02. The summed E-state index contributed by atoms with van der Waals surface area (Å²) < 4.78 is 0. The van der Waals surface area contributed by atoms with E-state index in [0.717, 1.165) is 0 Å². The summed E-state index contributed by atoms with van der Waals surface area (Å²) in [6.45, 7) is 2.37. The fraction of sp³-hybridized carbons (Fsp3) is 0.500. The fourth-order valence-corrected chi connectivity index (χ4v) is 2.09. The number of phenolic OH excluding ortho intramolecular Hbond substituents is 1. The number of aromatic hydroxyl groups is 1. The number of benzene rings is 1. The summed E-state index contributed by atoms with van der Waals surface area (Å²) in [5.41, 5.74) is 1.37. The van der Waals surface area contributed by atoms with Crippen LogP contribution in [0.25, 0.3) is 0 Å². The molecule has 0 amide bonds. The van der Waals surface area contributed by atoms with Gasteiger partial charge in [-0.2, -0.15) is 0 Å². The molecule has 1 aromatic rings. The van der Waals surface area contributed by atoms with Crippen molar-refractivity contribution in [3.8, 4) is 5.75 Å². The van der Waals surface area contributed by atoms with Gasteiger partial charge < -0.3 is 10.0 Å². The van der Waals surface area contributed by atoms with Crippen molar-refractivity contribution in [2.75, 3.05) is 20.1 Å². The lowest BCUT2D eigenvalue weighted by molar-refractivity contribution is 0.255. The van der Waals surface area contributed by atoms with Crippen molar-refractivity contribution >= 4 is 0 Å². The maximum atomic E-state index is 9.19. The van der Waals surface area contributed by atoms with Gasteiger partial charge in [-0.3, -0.25) is 0 Å². The predicted octanol–water partition coefficient (Wildman–Crippen LogP) is 2.20. The van der Waals surface area contributed by atoms with Crippen LogP contribution < -0.4 is 0 Å². The Morgan fingerprint density at radius 3 is 2.29 bits per heavy atom. The van der Waals surface area contributed by atoms with Crippen molar-refractivity contribution in [3.63, 3.8) is 0 Å². The van der Waals surface area contributed by atoms with Crippen LogP contribution in [0.15, 0.2) is 24.3 Å². The van der Waals surface area contributed by atoms with E-state index in [1.165, 1.54) is 31.5 Å². The standard InChI is InChI=1S/C12H17NO/c1-13-8-6-11(7-9-13)10-2-4-12(14)5-3-10/h2-5,11,14H,6-9H2,1H3. The summed E-state index contributed by atoms with van der Waals surface area (Å²) >= 11 is 0. The van der Waals surface area contributed by atoms with Gasteiger partial charge in [-0.15, -0.1) is 0 Å². The first-order chi connectivity index (χ1) is 6.75. The average molecular weight is 191 g/mol. The number of hydrogen-bond donors (Lipinski definition) is 1. The molecular formula is C12H17NO. The van der Waals surface area contributed by atoms with Crippen molar-refractivity contribution in [2.45, 2.75) is 18.8 Å². The van der Waals surface area contributed by atoms with E-state index in [-0.39, 0.29) is 0 Å². The van der Waals surface area contributed by atoms with Gasteiger partial charge in [-0.25, -0.2) is 0 Å². The molecule has 76 valence electrons. The van der Waals surface area contributed by atoms with Crippen LogP contribution in [0.4, 0.5) is 0 Å². The van der Waals surface area contributed by atoms with Crippen LogP contribution in [0.1, 0.15) is 24.3 Å². The highest BCUT2D eigenvalue weighted by molar-refractivity contribution is 5.28. The molecule has 0 aromatic heterocycles. The summed E-state index contributed by atoms with van der Waals surface area (Å²) in [5.74, 6) is 1.05. The Bertz CT molecular complexity index is 286. The van der Waals surface area contributed by atoms with Crippen LogP contribution in [-0.2, 0) is 0 Å². The van der Waals surface area contributed by atoms with Crippen molar-refractivity contribution in [3.05, 3.63) is 29.8 Å². The molecule has 14 heavy (non-hydrogen) atoms. The van der Waals surface area contributed by atoms with Crippen molar-refractivity contribution < 1.29 is 5.11 Å². The van der Waals surface area contributed by atoms with Gasteiger partial charge in [0, 0.05) is 0 Å². The Morgan fingerprint density at radius 1 is 1.14 bits per heavy atom. The first-order valence-electron chi connectivity index (χ1n) is 5.23. The smallest absolute Gasteiger partial charge is 0.115 e. The number of likely N-dealkylation sites (tertiary alicyclic amines) is 1. The highest BCUT2D eigenvalue weighted by Gasteiger charge is 2.17. The van der Waals surface area contributed by atoms with E-state index < -0.39 is 0 Å². The first-order valence-corrected chi connectivity index (χ1v) is 5.23. The van der Waals surface area contributed by atoms with E-state index in [0.29, 0.717) is 11.7 Å². The minimum Gasteiger partial charge on any atom is -0.508 e. The van der Waals surface area contributed by atoms with Gasteiger partial charge >= 0.3 is 0 Å². The molecule has 1 N–H and O–H groups in total. The number of hydrogen-bond acceptors (Lipinski definition) is 2. The van der Waals surface area contributed by atoms with Crippen LogP contribution in [0.3, 0.4) is 0 Å². The van der Waals surface area contributed by atoms with Gasteiger partial charge in [0.2, 0.25) is 0 Å². The highest BCUT2D eigenvalue weighted by Crippen LogP contribution is 2.28. The minimum absolute atomic E-state index is 0.363. The Morgan fingerprint density at radius 2 is 1.71 bits per heavy atom. The zero-order valence-electron chi connectivity index (χ0n) is 8.61. The molecule has 1 fully saturated rings. The summed E-state index contributed by atoms with van der Waals surface area (Å²) in [6, 6.07) is 7.66. The highest BCUT2D eigenvalue weighted by atomic mass is 16.3.